The minimum atomic E-state index is -0.203. The molecule has 2 aromatic rings. The number of benzene rings is 2. The van der Waals surface area contributed by atoms with E-state index in [0.29, 0.717) is 6.42 Å². The first kappa shape index (κ1) is 22.7. The molecule has 0 fully saturated rings. The summed E-state index contributed by atoms with van der Waals surface area (Å²) in [4.78, 5) is 16.2. The van der Waals surface area contributed by atoms with E-state index in [1.54, 1.807) is 11.8 Å². The third-order valence-electron chi connectivity index (χ3n) is 5.39. The number of nitrogens with one attached hydrogen (secondary N) is 1. The number of nitrogens with zero attached hydrogens (tertiary/aromatic N) is 1. The van der Waals surface area contributed by atoms with Crippen molar-refractivity contribution in [3.8, 4) is 0 Å². The smallest absolute Gasteiger partial charge is 0.224 e. The molecule has 0 atom stereocenters. The van der Waals surface area contributed by atoms with E-state index in [-0.39, 0.29) is 17.1 Å². The van der Waals surface area contributed by atoms with Crippen molar-refractivity contribution in [1.82, 2.24) is 0 Å². The Morgan fingerprint density at radius 2 is 1.93 bits per heavy atom. The van der Waals surface area contributed by atoms with Crippen molar-refractivity contribution in [2.75, 3.05) is 22.5 Å². The van der Waals surface area contributed by atoms with E-state index in [2.05, 4.69) is 50.9 Å². The number of rotatable bonds is 6. The minimum Gasteiger partial charge on any atom is -0.367 e. The molecule has 3 rings (SSSR count). The van der Waals surface area contributed by atoms with Crippen molar-refractivity contribution in [2.45, 2.75) is 65.3 Å². The average molecular weight is 429 g/mol. The van der Waals surface area contributed by atoms with Crippen LogP contribution in [0.1, 0.15) is 57.2 Å². The number of carbonyl (C=O) groups excluding carboxylic acids is 1. The first-order chi connectivity index (χ1) is 14.2. The maximum atomic E-state index is 13.3. The summed E-state index contributed by atoms with van der Waals surface area (Å²) in [6.07, 6.45) is 2.58. The van der Waals surface area contributed by atoms with Crippen LogP contribution in [-0.4, -0.2) is 18.2 Å². The number of amides is 1. The van der Waals surface area contributed by atoms with Gasteiger partial charge in [0.2, 0.25) is 5.91 Å². The second kappa shape index (κ2) is 9.42. The van der Waals surface area contributed by atoms with Gasteiger partial charge in [-0.3, -0.25) is 4.79 Å². The molecule has 0 spiro atoms. The molecule has 162 valence electrons. The molecule has 0 saturated carbocycles. The van der Waals surface area contributed by atoms with Crippen LogP contribution < -0.4 is 10.2 Å². The number of hydrogen-bond donors (Lipinski definition) is 1. The summed E-state index contributed by atoms with van der Waals surface area (Å²) in [5.74, 6) is 0.812. The first-order valence-electron chi connectivity index (χ1n) is 10.8. The van der Waals surface area contributed by atoms with Crippen LogP contribution in [-0.2, 0) is 17.8 Å². The molecule has 1 N–H and O–H groups in total. The zero-order valence-electron chi connectivity index (χ0n) is 18.8. The Labute approximate surface area is 184 Å². The normalized spacial score (nSPS) is 13.9. The summed E-state index contributed by atoms with van der Waals surface area (Å²) in [5, 5.41) is 3.22. The molecule has 30 heavy (non-hydrogen) atoms. The molecule has 1 amide bonds. The maximum absolute atomic E-state index is 13.3. The summed E-state index contributed by atoms with van der Waals surface area (Å²) in [6, 6.07) is 9.01. The largest absolute Gasteiger partial charge is 0.367 e. The van der Waals surface area contributed by atoms with E-state index >= 15 is 0 Å². The fraction of sp³-hybridized carbons (Fsp3) is 0.480. The lowest BCUT2D eigenvalue weighted by Gasteiger charge is -2.34. The van der Waals surface area contributed by atoms with Crippen LogP contribution in [0.4, 0.5) is 15.8 Å². The van der Waals surface area contributed by atoms with Crippen LogP contribution >= 0.6 is 11.8 Å². The van der Waals surface area contributed by atoms with Crippen molar-refractivity contribution in [3.63, 3.8) is 0 Å². The molecular weight excluding hydrogens is 395 g/mol. The number of halogens is 1. The second-order valence-electron chi connectivity index (χ2n) is 9.24. The van der Waals surface area contributed by atoms with E-state index < -0.39 is 0 Å². The summed E-state index contributed by atoms with van der Waals surface area (Å²) in [7, 11) is 0. The minimum absolute atomic E-state index is 0.0454. The van der Waals surface area contributed by atoms with Crippen LogP contribution in [0.3, 0.4) is 0 Å². The summed E-state index contributed by atoms with van der Waals surface area (Å²) in [6.45, 7) is 12.3. The van der Waals surface area contributed by atoms with Gasteiger partial charge in [0.05, 0.1) is 5.69 Å². The summed E-state index contributed by atoms with van der Waals surface area (Å²) in [5.41, 5.74) is 5.76. The third kappa shape index (κ3) is 5.57. The Morgan fingerprint density at radius 3 is 2.57 bits per heavy atom. The van der Waals surface area contributed by atoms with Gasteiger partial charge in [0.1, 0.15) is 5.82 Å². The molecule has 0 bridgehead atoms. The SMILES string of the molecule is CCSc1cc2c(c(C)c1NC(=O)CC(C)(C)C)CCCN2Cc1ccc(F)cc1. The van der Waals surface area contributed by atoms with E-state index in [1.807, 2.05) is 12.1 Å². The molecule has 1 heterocycles. The fourth-order valence-corrected chi connectivity index (χ4v) is 4.89. The number of hydrogen-bond acceptors (Lipinski definition) is 3. The van der Waals surface area contributed by atoms with E-state index in [9.17, 15) is 9.18 Å². The van der Waals surface area contributed by atoms with Gasteiger partial charge in [0.15, 0.2) is 0 Å². The van der Waals surface area contributed by atoms with Gasteiger partial charge >= 0.3 is 0 Å². The quantitative estimate of drug-likeness (QED) is 0.528. The molecule has 0 saturated heterocycles. The van der Waals surface area contributed by atoms with E-state index in [4.69, 9.17) is 0 Å². The Bertz CT molecular complexity index is 903. The Balaban J connectivity index is 1.94. The fourth-order valence-electron chi connectivity index (χ4n) is 4.04. The van der Waals surface area contributed by atoms with Gasteiger partial charge in [-0.15, -0.1) is 11.8 Å². The lowest BCUT2D eigenvalue weighted by Crippen LogP contribution is -2.30. The van der Waals surface area contributed by atoms with Crippen LogP contribution in [0.25, 0.3) is 0 Å². The average Bonchev–Trinajstić information content (AvgIpc) is 2.66. The third-order valence-corrected chi connectivity index (χ3v) is 6.31. The van der Waals surface area contributed by atoms with Gasteiger partial charge in [-0.05, 0) is 65.8 Å². The van der Waals surface area contributed by atoms with Crippen molar-refractivity contribution in [1.29, 1.82) is 0 Å². The molecule has 0 radical (unpaired) electrons. The highest BCUT2D eigenvalue weighted by Gasteiger charge is 2.24. The van der Waals surface area contributed by atoms with Crippen molar-refractivity contribution >= 4 is 29.0 Å². The van der Waals surface area contributed by atoms with Crippen molar-refractivity contribution in [2.24, 2.45) is 5.41 Å². The van der Waals surface area contributed by atoms with E-state index in [1.165, 1.54) is 28.9 Å². The van der Waals surface area contributed by atoms with Crippen LogP contribution in [0, 0.1) is 18.2 Å². The second-order valence-corrected chi connectivity index (χ2v) is 10.5. The van der Waals surface area contributed by atoms with Gasteiger partial charge in [-0.25, -0.2) is 4.39 Å². The van der Waals surface area contributed by atoms with Gasteiger partial charge in [0.25, 0.3) is 0 Å². The first-order valence-corrected chi connectivity index (χ1v) is 11.7. The van der Waals surface area contributed by atoms with Gasteiger partial charge in [0, 0.05) is 30.1 Å². The number of carbonyl (C=O) groups is 1. The molecule has 1 aliphatic rings. The molecule has 5 heteroatoms. The van der Waals surface area contributed by atoms with Gasteiger partial charge < -0.3 is 10.2 Å². The molecule has 0 unspecified atom stereocenters. The predicted octanol–water partition coefficient (Wildman–Crippen LogP) is 6.57. The standard InChI is InChI=1S/C25H33FN2OS/c1-6-30-22-14-21-20(17(2)24(22)27-23(29)15-25(3,4)5)8-7-13-28(21)16-18-9-11-19(26)12-10-18/h9-12,14H,6-8,13,15-16H2,1-5H3,(H,27,29). The summed E-state index contributed by atoms with van der Waals surface area (Å²) < 4.78 is 13.3. The maximum Gasteiger partial charge on any atom is 0.224 e. The number of anilines is 2. The zero-order valence-corrected chi connectivity index (χ0v) is 19.6. The molecular formula is C25H33FN2OS. The lowest BCUT2D eigenvalue weighted by molar-refractivity contribution is -0.117. The van der Waals surface area contributed by atoms with Crippen LogP contribution in [0.5, 0.6) is 0 Å². The highest BCUT2D eigenvalue weighted by Crippen LogP contribution is 2.41. The van der Waals surface area contributed by atoms with Gasteiger partial charge in [-0.2, -0.15) is 0 Å². The van der Waals surface area contributed by atoms with Crippen molar-refractivity contribution in [3.05, 3.63) is 52.8 Å². The zero-order chi connectivity index (χ0) is 21.9. The Hall–Kier alpha value is -2.01. The predicted molar refractivity (Wildman–Crippen MR) is 126 cm³/mol. The Morgan fingerprint density at radius 1 is 1.23 bits per heavy atom. The molecule has 1 aliphatic heterocycles. The molecule has 0 aliphatic carbocycles. The molecule has 2 aromatic carbocycles. The molecule has 0 aromatic heterocycles. The monoisotopic (exact) mass is 428 g/mol. The lowest BCUT2D eigenvalue weighted by atomic mass is 9.91. The van der Waals surface area contributed by atoms with Gasteiger partial charge in [-0.1, -0.05) is 39.8 Å². The van der Waals surface area contributed by atoms with Crippen LogP contribution in [0.2, 0.25) is 0 Å². The van der Waals surface area contributed by atoms with Crippen LogP contribution in [0.15, 0.2) is 35.2 Å². The van der Waals surface area contributed by atoms with E-state index in [0.717, 1.165) is 47.8 Å². The van der Waals surface area contributed by atoms with Crippen molar-refractivity contribution < 1.29 is 9.18 Å². The number of fused-ring (bicyclic) bond motifs is 1. The number of thioether (sulfide) groups is 1. The molecule has 3 nitrogen and oxygen atoms in total. The summed E-state index contributed by atoms with van der Waals surface area (Å²) >= 11 is 1.77. The Kier molecular flexibility index (Phi) is 7.12. The highest BCUT2D eigenvalue weighted by atomic mass is 32.2. The highest BCUT2D eigenvalue weighted by molar-refractivity contribution is 7.99. The topological polar surface area (TPSA) is 32.3 Å².